The van der Waals surface area contributed by atoms with Crippen LogP contribution in [0.4, 0.5) is 0 Å². The number of nitrogens with zero attached hydrogens (tertiary/aromatic N) is 2. The van der Waals surface area contributed by atoms with Gasteiger partial charge in [-0.25, -0.2) is 4.68 Å². The number of hydrogen-bond donors (Lipinski definition) is 1. The van der Waals surface area contributed by atoms with E-state index in [0.29, 0.717) is 23.8 Å². The van der Waals surface area contributed by atoms with Gasteiger partial charge in [0.2, 0.25) is 0 Å². The fraction of sp³-hybridized carbons (Fsp3) is 0.286. The SMILES string of the molecule is CCCOc1ccc(OCC(=O)NCCn2nc(-c3ccco3)ccc2=O)cc1. The molecule has 8 nitrogen and oxygen atoms in total. The van der Waals surface area contributed by atoms with Crippen molar-refractivity contribution in [3.63, 3.8) is 0 Å². The molecule has 1 N–H and O–H groups in total. The zero-order valence-corrected chi connectivity index (χ0v) is 16.2. The lowest BCUT2D eigenvalue weighted by Gasteiger charge is -2.09. The van der Waals surface area contributed by atoms with E-state index in [1.165, 1.54) is 10.7 Å². The van der Waals surface area contributed by atoms with Crippen molar-refractivity contribution in [3.05, 3.63) is 65.1 Å². The molecule has 0 spiro atoms. The number of hydrogen-bond acceptors (Lipinski definition) is 6. The smallest absolute Gasteiger partial charge is 0.266 e. The summed E-state index contributed by atoms with van der Waals surface area (Å²) in [6, 6.07) is 13.6. The highest BCUT2D eigenvalue weighted by Gasteiger charge is 2.07. The van der Waals surface area contributed by atoms with E-state index in [-0.39, 0.29) is 31.2 Å². The zero-order valence-electron chi connectivity index (χ0n) is 16.2. The Bertz CT molecular complexity index is 965. The topological polar surface area (TPSA) is 95.6 Å². The average molecular weight is 397 g/mol. The summed E-state index contributed by atoms with van der Waals surface area (Å²) in [7, 11) is 0. The molecular formula is C21H23N3O5. The molecule has 2 aromatic heterocycles. The Labute approximate surface area is 168 Å². The van der Waals surface area contributed by atoms with Crippen LogP contribution in [0.15, 0.2) is 64.0 Å². The van der Waals surface area contributed by atoms with Crippen molar-refractivity contribution in [2.24, 2.45) is 0 Å². The minimum absolute atomic E-state index is 0.121. The normalized spacial score (nSPS) is 10.5. The summed E-state index contributed by atoms with van der Waals surface area (Å²) in [5, 5.41) is 6.96. The Morgan fingerprint density at radius 1 is 1.10 bits per heavy atom. The Balaban J connectivity index is 1.44. The molecule has 0 saturated carbocycles. The van der Waals surface area contributed by atoms with Crippen LogP contribution in [0.25, 0.3) is 11.5 Å². The molecule has 0 aliphatic carbocycles. The number of carbonyl (C=O) groups excluding carboxylic acids is 1. The summed E-state index contributed by atoms with van der Waals surface area (Å²) in [6.07, 6.45) is 2.48. The fourth-order valence-corrected chi connectivity index (χ4v) is 2.52. The molecule has 3 aromatic rings. The molecule has 0 fully saturated rings. The number of ether oxygens (including phenoxy) is 2. The fourth-order valence-electron chi connectivity index (χ4n) is 2.52. The second-order valence-electron chi connectivity index (χ2n) is 6.22. The van der Waals surface area contributed by atoms with Crippen molar-refractivity contribution in [3.8, 4) is 23.0 Å². The maximum atomic E-state index is 12.0. The van der Waals surface area contributed by atoms with E-state index < -0.39 is 0 Å². The highest BCUT2D eigenvalue weighted by atomic mass is 16.5. The van der Waals surface area contributed by atoms with Crippen LogP contribution in [0.5, 0.6) is 11.5 Å². The molecule has 0 saturated heterocycles. The molecule has 0 radical (unpaired) electrons. The Hall–Kier alpha value is -3.55. The van der Waals surface area contributed by atoms with E-state index in [4.69, 9.17) is 13.9 Å². The lowest BCUT2D eigenvalue weighted by Crippen LogP contribution is -2.34. The quantitative estimate of drug-likeness (QED) is 0.565. The third-order valence-electron chi connectivity index (χ3n) is 3.95. The highest BCUT2D eigenvalue weighted by molar-refractivity contribution is 5.77. The number of aromatic nitrogens is 2. The number of carbonyl (C=O) groups is 1. The predicted octanol–water partition coefficient (Wildman–Crippen LogP) is 2.49. The van der Waals surface area contributed by atoms with E-state index in [2.05, 4.69) is 10.4 Å². The van der Waals surface area contributed by atoms with Gasteiger partial charge in [0.15, 0.2) is 12.4 Å². The lowest BCUT2D eigenvalue weighted by molar-refractivity contribution is -0.123. The van der Waals surface area contributed by atoms with E-state index in [9.17, 15) is 9.59 Å². The number of furan rings is 1. The molecule has 8 heteroatoms. The standard InChI is InChI=1S/C21H23N3O5/c1-2-13-27-16-5-7-17(8-6-16)29-15-20(25)22-11-12-24-21(26)10-9-18(23-24)19-4-3-14-28-19/h3-10,14H,2,11-13,15H2,1H3,(H,22,25). The van der Waals surface area contributed by atoms with Crippen LogP contribution in [-0.4, -0.2) is 35.4 Å². The van der Waals surface area contributed by atoms with Crippen molar-refractivity contribution in [2.75, 3.05) is 19.8 Å². The van der Waals surface area contributed by atoms with Crippen LogP contribution in [0.3, 0.4) is 0 Å². The van der Waals surface area contributed by atoms with E-state index >= 15 is 0 Å². The number of rotatable bonds is 10. The average Bonchev–Trinajstić information content (AvgIpc) is 3.28. The maximum absolute atomic E-state index is 12.0. The molecule has 0 atom stereocenters. The number of amides is 1. The second-order valence-corrected chi connectivity index (χ2v) is 6.22. The molecule has 3 rings (SSSR count). The molecule has 1 amide bonds. The minimum Gasteiger partial charge on any atom is -0.494 e. The summed E-state index contributed by atoms with van der Waals surface area (Å²) in [5.74, 6) is 1.63. The highest BCUT2D eigenvalue weighted by Crippen LogP contribution is 2.17. The Kier molecular flexibility index (Phi) is 7.05. The Morgan fingerprint density at radius 2 is 1.86 bits per heavy atom. The molecular weight excluding hydrogens is 374 g/mol. The lowest BCUT2D eigenvalue weighted by atomic mass is 10.3. The molecule has 0 bridgehead atoms. The second kappa shape index (κ2) is 10.1. The van der Waals surface area contributed by atoms with Crippen molar-refractivity contribution in [1.29, 1.82) is 0 Å². The van der Waals surface area contributed by atoms with Gasteiger partial charge in [-0.15, -0.1) is 0 Å². The molecule has 0 aliphatic heterocycles. The summed E-state index contributed by atoms with van der Waals surface area (Å²) in [4.78, 5) is 23.9. The van der Waals surface area contributed by atoms with Gasteiger partial charge in [0.1, 0.15) is 17.2 Å². The summed E-state index contributed by atoms with van der Waals surface area (Å²) in [6.45, 7) is 3.07. The van der Waals surface area contributed by atoms with Gasteiger partial charge in [-0.1, -0.05) is 6.92 Å². The summed E-state index contributed by atoms with van der Waals surface area (Å²) < 4.78 is 17.5. The van der Waals surface area contributed by atoms with Gasteiger partial charge in [-0.2, -0.15) is 5.10 Å². The van der Waals surface area contributed by atoms with Crippen molar-refractivity contribution < 1.29 is 18.7 Å². The minimum atomic E-state index is -0.286. The van der Waals surface area contributed by atoms with E-state index in [1.54, 1.807) is 48.7 Å². The first kappa shape index (κ1) is 20.2. The molecule has 2 heterocycles. The van der Waals surface area contributed by atoms with Gasteiger partial charge in [0.25, 0.3) is 11.5 Å². The van der Waals surface area contributed by atoms with Gasteiger partial charge in [-0.3, -0.25) is 9.59 Å². The third-order valence-corrected chi connectivity index (χ3v) is 3.95. The summed E-state index contributed by atoms with van der Waals surface area (Å²) in [5.41, 5.74) is 0.298. The van der Waals surface area contributed by atoms with Crippen LogP contribution in [-0.2, 0) is 11.3 Å². The van der Waals surface area contributed by atoms with Crippen molar-refractivity contribution in [1.82, 2.24) is 15.1 Å². The van der Waals surface area contributed by atoms with Crippen LogP contribution in [0.2, 0.25) is 0 Å². The first-order valence-corrected chi connectivity index (χ1v) is 9.40. The van der Waals surface area contributed by atoms with Gasteiger partial charge in [0, 0.05) is 12.6 Å². The van der Waals surface area contributed by atoms with Crippen molar-refractivity contribution >= 4 is 5.91 Å². The first-order valence-electron chi connectivity index (χ1n) is 9.40. The van der Waals surface area contributed by atoms with E-state index in [0.717, 1.165) is 12.2 Å². The largest absolute Gasteiger partial charge is 0.494 e. The summed E-state index contributed by atoms with van der Waals surface area (Å²) >= 11 is 0. The van der Waals surface area contributed by atoms with Crippen LogP contribution < -0.4 is 20.3 Å². The number of nitrogens with one attached hydrogen (secondary N) is 1. The van der Waals surface area contributed by atoms with Gasteiger partial charge in [0.05, 0.1) is 19.4 Å². The van der Waals surface area contributed by atoms with Gasteiger partial charge >= 0.3 is 0 Å². The Morgan fingerprint density at radius 3 is 2.55 bits per heavy atom. The van der Waals surface area contributed by atoms with Crippen LogP contribution >= 0.6 is 0 Å². The number of benzene rings is 1. The van der Waals surface area contributed by atoms with Crippen molar-refractivity contribution in [2.45, 2.75) is 19.9 Å². The zero-order chi connectivity index (χ0) is 20.5. The first-order chi connectivity index (χ1) is 14.2. The molecule has 0 unspecified atom stereocenters. The molecule has 152 valence electrons. The van der Waals surface area contributed by atoms with Gasteiger partial charge < -0.3 is 19.2 Å². The molecule has 29 heavy (non-hydrogen) atoms. The molecule has 0 aliphatic rings. The third kappa shape index (κ3) is 5.97. The monoisotopic (exact) mass is 397 g/mol. The van der Waals surface area contributed by atoms with Gasteiger partial charge in [-0.05, 0) is 48.9 Å². The van der Waals surface area contributed by atoms with Crippen LogP contribution in [0.1, 0.15) is 13.3 Å². The van der Waals surface area contributed by atoms with E-state index in [1.807, 2.05) is 6.92 Å². The molecule has 1 aromatic carbocycles. The maximum Gasteiger partial charge on any atom is 0.266 e. The predicted molar refractivity (Wildman–Crippen MR) is 107 cm³/mol. The van der Waals surface area contributed by atoms with Crippen LogP contribution in [0, 0.1) is 0 Å².